The number of amides is 2. The summed E-state index contributed by atoms with van der Waals surface area (Å²) in [5.74, 6) is 0. The van der Waals surface area contributed by atoms with Crippen LogP contribution in [0.3, 0.4) is 0 Å². The number of carbonyl (C=O) groups is 1. The Morgan fingerprint density at radius 2 is 2.09 bits per heavy atom. The van der Waals surface area contributed by atoms with E-state index in [9.17, 15) is 22.8 Å². The van der Waals surface area contributed by atoms with Crippen LogP contribution in [0.4, 0.5) is 23.7 Å². The molecule has 2 heterocycles. The number of anilines is 1. The summed E-state index contributed by atoms with van der Waals surface area (Å²) in [4.78, 5) is 29.1. The fourth-order valence-corrected chi connectivity index (χ4v) is 1.76. The Morgan fingerprint density at radius 3 is 2.74 bits per heavy atom. The van der Waals surface area contributed by atoms with E-state index in [1.807, 2.05) is 4.98 Å². The summed E-state index contributed by atoms with van der Waals surface area (Å²) in [6.07, 6.45) is -2.01. The molecular weight excluding hydrogens is 313 g/mol. The second-order valence-corrected chi connectivity index (χ2v) is 4.58. The first kappa shape index (κ1) is 16.5. The van der Waals surface area contributed by atoms with Gasteiger partial charge in [0.2, 0.25) is 0 Å². The van der Waals surface area contributed by atoms with Gasteiger partial charge in [-0.3, -0.25) is 9.78 Å². The molecule has 0 aliphatic heterocycles. The van der Waals surface area contributed by atoms with Crippen molar-refractivity contribution in [2.45, 2.75) is 12.6 Å². The van der Waals surface area contributed by atoms with Gasteiger partial charge in [-0.2, -0.15) is 13.2 Å². The molecule has 2 aromatic rings. The van der Waals surface area contributed by atoms with Gasteiger partial charge < -0.3 is 15.6 Å². The van der Waals surface area contributed by atoms with Gasteiger partial charge >= 0.3 is 12.2 Å². The van der Waals surface area contributed by atoms with Gasteiger partial charge in [-0.15, -0.1) is 0 Å². The van der Waals surface area contributed by atoms with E-state index in [2.05, 4.69) is 15.6 Å². The normalized spacial score (nSPS) is 11.1. The van der Waals surface area contributed by atoms with Crippen molar-refractivity contribution in [2.24, 2.45) is 0 Å². The topological polar surface area (TPSA) is 86.9 Å². The summed E-state index contributed by atoms with van der Waals surface area (Å²) < 4.78 is 37.7. The van der Waals surface area contributed by atoms with E-state index in [0.717, 1.165) is 5.69 Å². The smallest absolute Gasteiger partial charge is 0.337 e. The summed E-state index contributed by atoms with van der Waals surface area (Å²) in [5, 5.41) is 4.54. The molecule has 122 valence electrons. The van der Waals surface area contributed by atoms with E-state index in [4.69, 9.17) is 0 Å². The van der Waals surface area contributed by atoms with E-state index in [0.29, 0.717) is 18.7 Å². The van der Waals surface area contributed by atoms with Crippen molar-refractivity contribution in [1.29, 1.82) is 0 Å². The molecule has 0 fully saturated rings. The average Bonchev–Trinajstić information content (AvgIpc) is 2.49. The molecule has 0 bridgehead atoms. The molecule has 2 aromatic heterocycles. The predicted octanol–water partition coefficient (Wildman–Crippen LogP) is 2.15. The molecule has 0 aliphatic carbocycles. The zero-order chi connectivity index (χ0) is 16.9. The van der Waals surface area contributed by atoms with E-state index in [1.165, 1.54) is 0 Å². The van der Waals surface area contributed by atoms with E-state index in [-0.39, 0.29) is 6.54 Å². The highest BCUT2D eigenvalue weighted by Crippen LogP contribution is 2.28. The number of H-pyrrole nitrogens is 1. The average molecular weight is 326 g/mol. The van der Waals surface area contributed by atoms with E-state index >= 15 is 0 Å². The number of urea groups is 1. The molecule has 0 aromatic carbocycles. The van der Waals surface area contributed by atoms with Crippen LogP contribution in [0.15, 0.2) is 41.5 Å². The molecule has 0 saturated carbocycles. The van der Waals surface area contributed by atoms with Crippen LogP contribution in [-0.2, 0) is 12.6 Å². The molecule has 3 N–H and O–H groups in total. The summed E-state index contributed by atoms with van der Waals surface area (Å²) >= 11 is 0. The Hall–Kier alpha value is -2.84. The second kappa shape index (κ2) is 6.95. The first-order chi connectivity index (χ1) is 10.9. The number of nitrogens with zero attached hydrogens (tertiary/aromatic N) is 1. The first-order valence-corrected chi connectivity index (χ1v) is 6.61. The Labute approximate surface area is 128 Å². The molecule has 2 rings (SSSR count). The largest absolute Gasteiger partial charge is 0.417 e. The predicted molar refractivity (Wildman–Crippen MR) is 77.0 cm³/mol. The molecule has 6 nitrogen and oxygen atoms in total. The third-order valence-electron chi connectivity index (χ3n) is 2.87. The van der Waals surface area contributed by atoms with Gasteiger partial charge in [0.1, 0.15) is 5.69 Å². The van der Waals surface area contributed by atoms with Gasteiger partial charge in [0.25, 0.3) is 5.56 Å². The number of alkyl halides is 3. The van der Waals surface area contributed by atoms with Gasteiger partial charge in [-0.1, -0.05) is 6.07 Å². The molecule has 0 unspecified atom stereocenters. The van der Waals surface area contributed by atoms with Crippen molar-refractivity contribution in [3.63, 3.8) is 0 Å². The number of nitrogens with one attached hydrogen (secondary N) is 3. The molecule has 9 heteroatoms. The number of aromatic amines is 1. The third-order valence-corrected chi connectivity index (χ3v) is 2.87. The van der Waals surface area contributed by atoms with Crippen molar-refractivity contribution in [3.05, 3.63) is 58.3 Å². The number of carbonyl (C=O) groups excluding carboxylic acids is 1. The van der Waals surface area contributed by atoms with Crippen LogP contribution in [0.1, 0.15) is 11.3 Å². The van der Waals surface area contributed by atoms with Crippen LogP contribution in [0.2, 0.25) is 0 Å². The fourth-order valence-electron chi connectivity index (χ4n) is 1.76. The molecule has 0 saturated heterocycles. The van der Waals surface area contributed by atoms with Crippen LogP contribution in [0, 0.1) is 0 Å². The highest BCUT2D eigenvalue weighted by molar-refractivity contribution is 5.89. The quantitative estimate of drug-likeness (QED) is 0.804. The third kappa shape index (κ3) is 4.83. The maximum absolute atomic E-state index is 12.6. The summed E-state index contributed by atoms with van der Waals surface area (Å²) in [5.41, 5.74) is -1.60. The molecule has 2 amide bonds. The van der Waals surface area contributed by atoms with Gasteiger partial charge in [0.05, 0.1) is 5.56 Å². The standard InChI is InChI=1S/C14H13F3N4O2/c15-14(16,17)9-7-11(12(22)20-8-9)21-13(23)19-6-4-10-3-1-2-5-18-10/h1-3,5,7-8H,4,6H2,(H,20,22)(H2,19,21,23). The molecule has 0 atom stereocenters. The minimum atomic E-state index is -4.61. The Bertz CT molecular complexity index is 729. The number of pyridine rings is 2. The van der Waals surface area contributed by atoms with Crippen molar-refractivity contribution in [1.82, 2.24) is 15.3 Å². The maximum atomic E-state index is 12.6. The monoisotopic (exact) mass is 326 g/mol. The van der Waals surface area contributed by atoms with Crippen molar-refractivity contribution >= 4 is 11.7 Å². The number of hydrogen-bond acceptors (Lipinski definition) is 3. The number of hydrogen-bond donors (Lipinski definition) is 3. The van der Waals surface area contributed by atoms with Crippen LogP contribution >= 0.6 is 0 Å². The minimum Gasteiger partial charge on any atom is -0.337 e. The lowest BCUT2D eigenvalue weighted by Gasteiger charge is -2.10. The lowest BCUT2D eigenvalue weighted by atomic mass is 10.2. The van der Waals surface area contributed by atoms with Gasteiger partial charge in [-0.25, -0.2) is 4.79 Å². The van der Waals surface area contributed by atoms with Crippen LogP contribution < -0.4 is 16.2 Å². The number of halogens is 3. The lowest BCUT2D eigenvalue weighted by Crippen LogP contribution is -2.32. The Morgan fingerprint density at radius 1 is 1.30 bits per heavy atom. The van der Waals surface area contributed by atoms with Crippen molar-refractivity contribution in [2.75, 3.05) is 11.9 Å². The highest BCUT2D eigenvalue weighted by Gasteiger charge is 2.31. The molecule has 0 aliphatic rings. The number of aromatic nitrogens is 2. The highest BCUT2D eigenvalue weighted by atomic mass is 19.4. The lowest BCUT2D eigenvalue weighted by molar-refractivity contribution is -0.137. The van der Waals surface area contributed by atoms with Crippen LogP contribution in [-0.4, -0.2) is 22.5 Å². The summed E-state index contributed by atoms with van der Waals surface area (Å²) in [7, 11) is 0. The molecule has 23 heavy (non-hydrogen) atoms. The second-order valence-electron chi connectivity index (χ2n) is 4.58. The van der Waals surface area contributed by atoms with Crippen LogP contribution in [0.25, 0.3) is 0 Å². The fraction of sp³-hybridized carbons (Fsp3) is 0.214. The first-order valence-electron chi connectivity index (χ1n) is 6.61. The van der Waals surface area contributed by atoms with E-state index in [1.54, 1.807) is 24.4 Å². The summed E-state index contributed by atoms with van der Waals surface area (Å²) in [6, 6.07) is 5.13. The maximum Gasteiger partial charge on any atom is 0.417 e. The van der Waals surface area contributed by atoms with Crippen LogP contribution in [0.5, 0.6) is 0 Å². The summed E-state index contributed by atoms with van der Waals surface area (Å²) in [6.45, 7) is 0.222. The van der Waals surface area contributed by atoms with Gasteiger partial charge in [0, 0.05) is 31.1 Å². The number of rotatable bonds is 4. The molecular formula is C14H13F3N4O2. The minimum absolute atomic E-state index is 0.222. The Balaban J connectivity index is 1.94. The molecule has 0 spiro atoms. The zero-order valence-electron chi connectivity index (χ0n) is 11.8. The SMILES string of the molecule is O=C(NCCc1ccccn1)Nc1cc(C(F)(F)F)c[nH]c1=O. The van der Waals surface area contributed by atoms with Crippen molar-refractivity contribution in [3.8, 4) is 0 Å². The van der Waals surface area contributed by atoms with E-state index < -0.39 is 29.0 Å². The van der Waals surface area contributed by atoms with Crippen molar-refractivity contribution < 1.29 is 18.0 Å². The van der Waals surface area contributed by atoms with Gasteiger partial charge in [-0.05, 0) is 18.2 Å². The molecule has 0 radical (unpaired) electrons. The zero-order valence-corrected chi connectivity index (χ0v) is 11.8. The Kier molecular flexibility index (Phi) is 4.99. The van der Waals surface area contributed by atoms with Gasteiger partial charge in [0.15, 0.2) is 0 Å².